The Morgan fingerprint density at radius 1 is 0.815 bits per heavy atom. The monoisotopic (exact) mass is 382 g/mol. The predicted molar refractivity (Wildman–Crippen MR) is 94.1 cm³/mol. The Morgan fingerprint density at radius 3 is 2.22 bits per heavy atom. The van der Waals surface area contributed by atoms with E-state index in [1.54, 1.807) is 13.0 Å². The molecule has 146 valence electrons. The zero-order valence-corrected chi connectivity index (χ0v) is 15.1. The molecule has 27 heavy (non-hydrogen) atoms. The fraction of sp³-hybridized carbons (Fsp3) is 0.429. The molecule has 0 heterocycles. The number of hydrogen-bond donors (Lipinski definition) is 0. The molecule has 0 bridgehead atoms. The third-order valence-electron chi connectivity index (χ3n) is 5.05. The topological polar surface area (TPSA) is 18.5 Å². The van der Waals surface area contributed by atoms with E-state index in [2.05, 4.69) is 0 Å². The highest BCUT2D eigenvalue weighted by Crippen LogP contribution is 2.39. The highest BCUT2D eigenvalue weighted by atomic mass is 19.2. The quantitative estimate of drug-likeness (QED) is 0.571. The summed E-state index contributed by atoms with van der Waals surface area (Å²) >= 11 is 0. The van der Waals surface area contributed by atoms with Gasteiger partial charge in [0, 0.05) is 0 Å². The van der Waals surface area contributed by atoms with Gasteiger partial charge in [-0.1, -0.05) is 12.1 Å². The summed E-state index contributed by atoms with van der Waals surface area (Å²) in [4.78, 5) is 0. The van der Waals surface area contributed by atoms with Crippen LogP contribution in [0.4, 0.5) is 17.6 Å². The van der Waals surface area contributed by atoms with Gasteiger partial charge < -0.3 is 9.47 Å². The number of halogens is 4. The van der Waals surface area contributed by atoms with Crippen molar-refractivity contribution in [2.45, 2.75) is 38.5 Å². The van der Waals surface area contributed by atoms with E-state index in [4.69, 9.17) is 9.47 Å². The Balaban J connectivity index is 1.57. The molecule has 6 heteroatoms. The van der Waals surface area contributed by atoms with Crippen LogP contribution in [0.1, 0.15) is 44.1 Å². The van der Waals surface area contributed by atoms with Gasteiger partial charge in [0.25, 0.3) is 0 Å². The van der Waals surface area contributed by atoms with Crippen molar-refractivity contribution < 1.29 is 27.0 Å². The lowest BCUT2D eigenvalue weighted by atomic mass is 9.79. The third kappa shape index (κ3) is 4.37. The van der Waals surface area contributed by atoms with E-state index < -0.39 is 23.3 Å². The second kappa shape index (κ2) is 8.63. The highest BCUT2D eigenvalue weighted by molar-refractivity contribution is 5.33. The van der Waals surface area contributed by atoms with E-state index in [1.165, 1.54) is 18.2 Å². The fourth-order valence-corrected chi connectivity index (χ4v) is 3.57. The van der Waals surface area contributed by atoms with Crippen molar-refractivity contribution >= 4 is 0 Å². The van der Waals surface area contributed by atoms with E-state index in [9.17, 15) is 17.6 Å². The molecular weight excluding hydrogens is 360 g/mol. The first kappa shape index (κ1) is 19.5. The fourth-order valence-electron chi connectivity index (χ4n) is 3.57. The molecule has 0 saturated heterocycles. The maximum Gasteiger partial charge on any atom is 0.200 e. The molecule has 0 aliphatic heterocycles. The summed E-state index contributed by atoms with van der Waals surface area (Å²) in [7, 11) is 0. The minimum Gasteiger partial charge on any atom is -0.491 e. The second-order valence-electron chi connectivity index (χ2n) is 6.79. The highest BCUT2D eigenvalue weighted by Gasteiger charge is 2.27. The average molecular weight is 382 g/mol. The van der Waals surface area contributed by atoms with Crippen LogP contribution < -0.4 is 9.47 Å². The minimum absolute atomic E-state index is 0.0713. The second-order valence-corrected chi connectivity index (χ2v) is 6.79. The van der Waals surface area contributed by atoms with Crippen molar-refractivity contribution in [1.29, 1.82) is 0 Å². The molecule has 2 aromatic carbocycles. The Hall–Kier alpha value is -2.24. The molecule has 0 aromatic heterocycles. The molecule has 0 unspecified atom stereocenters. The first-order valence-corrected chi connectivity index (χ1v) is 9.18. The summed E-state index contributed by atoms with van der Waals surface area (Å²) in [6.45, 7) is 2.25. The first-order valence-electron chi connectivity index (χ1n) is 9.18. The molecule has 2 aromatic rings. The van der Waals surface area contributed by atoms with Crippen LogP contribution >= 0.6 is 0 Å². The van der Waals surface area contributed by atoms with Gasteiger partial charge in [-0.05, 0) is 68.2 Å². The number of rotatable bonds is 6. The first-order chi connectivity index (χ1) is 13.0. The van der Waals surface area contributed by atoms with Crippen molar-refractivity contribution in [3.8, 4) is 11.5 Å². The molecule has 0 amide bonds. The minimum atomic E-state index is -0.988. The standard InChI is InChI=1S/C21H22F4O2/c1-2-26-18-11-10-15(19(23)21(18)25)14-8-6-13(7-9-14)12-27-17-5-3-4-16(22)20(17)24/h3-5,10-11,13-14H,2,6-9,12H2,1H3/t13-,14-. The largest absolute Gasteiger partial charge is 0.491 e. The molecule has 1 saturated carbocycles. The normalized spacial score (nSPS) is 19.7. The van der Waals surface area contributed by atoms with Crippen LogP contribution in [0.3, 0.4) is 0 Å². The van der Waals surface area contributed by atoms with Gasteiger partial charge in [-0.2, -0.15) is 8.78 Å². The van der Waals surface area contributed by atoms with Crippen LogP contribution in [-0.4, -0.2) is 13.2 Å². The summed E-state index contributed by atoms with van der Waals surface area (Å²) < 4.78 is 65.8. The van der Waals surface area contributed by atoms with Gasteiger partial charge in [-0.15, -0.1) is 0 Å². The summed E-state index contributed by atoms with van der Waals surface area (Å²) in [5, 5.41) is 0. The Bertz CT molecular complexity index is 786. The molecular formula is C21H22F4O2. The van der Waals surface area contributed by atoms with Crippen LogP contribution in [0.25, 0.3) is 0 Å². The zero-order chi connectivity index (χ0) is 19.4. The van der Waals surface area contributed by atoms with Crippen LogP contribution in [0.2, 0.25) is 0 Å². The van der Waals surface area contributed by atoms with Gasteiger partial charge in [0.1, 0.15) is 0 Å². The van der Waals surface area contributed by atoms with Gasteiger partial charge in [-0.3, -0.25) is 0 Å². The average Bonchev–Trinajstić information content (AvgIpc) is 2.67. The number of hydrogen-bond acceptors (Lipinski definition) is 2. The zero-order valence-electron chi connectivity index (χ0n) is 15.1. The van der Waals surface area contributed by atoms with Crippen LogP contribution in [0.15, 0.2) is 30.3 Å². The molecule has 0 atom stereocenters. The summed E-state index contributed by atoms with van der Waals surface area (Å²) in [5.74, 6) is -3.79. The summed E-state index contributed by atoms with van der Waals surface area (Å²) in [6.07, 6.45) is 2.86. The maximum atomic E-state index is 14.4. The van der Waals surface area contributed by atoms with E-state index in [-0.39, 0.29) is 36.5 Å². The third-order valence-corrected chi connectivity index (χ3v) is 5.05. The molecule has 0 N–H and O–H groups in total. The molecule has 1 aliphatic carbocycles. The summed E-state index contributed by atoms with van der Waals surface area (Å²) in [6, 6.07) is 6.89. The van der Waals surface area contributed by atoms with Gasteiger partial charge in [0.2, 0.25) is 11.6 Å². The maximum absolute atomic E-state index is 14.4. The summed E-state index contributed by atoms with van der Waals surface area (Å²) in [5.41, 5.74) is 0.367. The molecule has 3 rings (SSSR count). The van der Waals surface area contributed by atoms with Crippen LogP contribution in [0.5, 0.6) is 11.5 Å². The Morgan fingerprint density at radius 2 is 1.52 bits per heavy atom. The molecule has 0 radical (unpaired) electrons. The smallest absolute Gasteiger partial charge is 0.200 e. The lowest BCUT2D eigenvalue weighted by Crippen LogP contribution is -2.20. The van der Waals surface area contributed by atoms with E-state index >= 15 is 0 Å². The SMILES string of the molecule is CCOc1ccc([C@H]2CC[C@H](COc3cccc(F)c3F)CC2)c(F)c1F. The van der Waals surface area contributed by atoms with Gasteiger partial charge >= 0.3 is 0 Å². The molecule has 2 nitrogen and oxygen atoms in total. The van der Waals surface area contributed by atoms with Crippen molar-refractivity contribution in [1.82, 2.24) is 0 Å². The molecule has 1 aliphatic rings. The van der Waals surface area contributed by atoms with Crippen molar-refractivity contribution in [2.75, 3.05) is 13.2 Å². The lowest BCUT2D eigenvalue weighted by molar-refractivity contribution is 0.191. The van der Waals surface area contributed by atoms with Crippen molar-refractivity contribution in [3.63, 3.8) is 0 Å². The molecule has 1 fully saturated rings. The predicted octanol–water partition coefficient (Wildman–Crippen LogP) is 5.99. The van der Waals surface area contributed by atoms with Gasteiger partial charge in [-0.25, -0.2) is 8.78 Å². The van der Waals surface area contributed by atoms with E-state index in [0.717, 1.165) is 18.9 Å². The number of ether oxygens (including phenoxy) is 2. The lowest BCUT2D eigenvalue weighted by Gasteiger charge is -2.29. The number of benzene rings is 2. The molecule has 0 spiro atoms. The Labute approximate surface area is 156 Å². The van der Waals surface area contributed by atoms with Crippen molar-refractivity contribution in [2.24, 2.45) is 5.92 Å². The van der Waals surface area contributed by atoms with Crippen molar-refractivity contribution in [3.05, 3.63) is 59.2 Å². The van der Waals surface area contributed by atoms with Crippen LogP contribution in [0, 0.1) is 29.2 Å². The van der Waals surface area contributed by atoms with Crippen LogP contribution in [-0.2, 0) is 0 Å². The Kier molecular flexibility index (Phi) is 6.24. The van der Waals surface area contributed by atoms with Gasteiger partial charge in [0.05, 0.1) is 13.2 Å². The van der Waals surface area contributed by atoms with Gasteiger partial charge in [0.15, 0.2) is 23.1 Å². The van der Waals surface area contributed by atoms with E-state index in [1.807, 2.05) is 0 Å². The van der Waals surface area contributed by atoms with E-state index in [0.29, 0.717) is 18.4 Å².